The monoisotopic (exact) mass is 291 g/mol. The number of amides is 1. The molecule has 0 bridgehead atoms. The fraction of sp³-hybridized carbons (Fsp3) is 0.400. The quantitative estimate of drug-likeness (QED) is 0.757. The van der Waals surface area contributed by atoms with E-state index in [-0.39, 0.29) is 18.9 Å². The lowest BCUT2D eigenvalue weighted by atomic mass is 9.95. The predicted octanol–water partition coefficient (Wildman–Crippen LogP) is -0.204. The van der Waals surface area contributed by atoms with Gasteiger partial charge >= 0.3 is 0 Å². The van der Waals surface area contributed by atoms with Crippen LogP contribution in [0.4, 0.5) is 0 Å². The van der Waals surface area contributed by atoms with E-state index in [4.69, 9.17) is 14.2 Å². The molecule has 3 rings (SSSR count). The van der Waals surface area contributed by atoms with Gasteiger partial charge in [-0.2, -0.15) is 0 Å². The molecule has 2 aliphatic heterocycles. The number of carbonyl (C=O) groups excluding carboxylic acids is 1. The molecule has 112 valence electrons. The lowest BCUT2D eigenvalue weighted by molar-refractivity contribution is -0.917. The molecule has 1 aromatic carbocycles. The van der Waals surface area contributed by atoms with Gasteiger partial charge in [-0.15, -0.1) is 0 Å². The SMILES string of the molecule is C=CC(=O)N[C@H]1c2c(cc3c(c2OC)OCO3)CC[NH+]1C. The van der Waals surface area contributed by atoms with Crippen molar-refractivity contribution in [3.05, 3.63) is 29.8 Å². The minimum Gasteiger partial charge on any atom is -0.492 e. The van der Waals surface area contributed by atoms with Gasteiger partial charge < -0.3 is 19.1 Å². The minimum absolute atomic E-state index is 0.191. The number of carbonyl (C=O) groups is 1. The molecule has 0 aliphatic carbocycles. The number of methoxy groups -OCH3 is 1. The number of rotatable bonds is 3. The Bertz CT molecular complexity index is 600. The first-order valence-corrected chi connectivity index (χ1v) is 6.90. The predicted molar refractivity (Wildman–Crippen MR) is 75.7 cm³/mol. The van der Waals surface area contributed by atoms with Crippen LogP contribution in [0, 0.1) is 0 Å². The summed E-state index contributed by atoms with van der Waals surface area (Å²) in [6.45, 7) is 4.62. The first kappa shape index (κ1) is 13.8. The molecule has 1 aromatic rings. The van der Waals surface area contributed by atoms with Crippen LogP contribution in [0.25, 0.3) is 0 Å². The molecule has 2 heterocycles. The molecule has 6 nitrogen and oxygen atoms in total. The van der Waals surface area contributed by atoms with Crippen molar-refractivity contribution in [1.29, 1.82) is 0 Å². The van der Waals surface area contributed by atoms with Gasteiger partial charge in [-0.3, -0.25) is 10.1 Å². The van der Waals surface area contributed by atoms with Crippen LogP contribution in [0.2, 0.25) is 0 Å². The van der Waals surface area contributed by atoms with Gasteiger partial charge in [-0.25, -0.2) is 0 Å². The van der Waals surface area contributed by atoms with Crippen LogP contribution in [0.15, 0.2) is 18.7 Å². The molecule has 2 aliphatic rings. The molecule has 1 amide bonds. The Labute approximate surface area is 123 Å². The number of ether oxygens (including phenoxy) is 3. The topological polar surface area (TPSA) is 61.2 Å². The van der Waals surface area contributed by atoms with E-state index in [1.165, 1.54) is 11.0 Å². The van der Waals surface area contributed by atoms with Crippen LogP contribution in [0.1, 0.15) is 17.3 Å². The van der Waals surface area contributed by atoms with Gasteiger partial charge in [-0.05, 0) is 17.7 Å². The van der Waals surface area contributed by atoms with Crippen molar-refractivity contribution < 1.29 is 23.9 Å². The summed E-state index contributed by atoms with van der Waals surface area (Å²) in [5.74, 6) is 1.77. The molecule has 0 saturated carbocycles. The third-order valence-electron chi connectivity index (χ3n) is 3.99. The second-order valence-electron chi connectivity index (χ2n) is 5.21. The van der Waals surface area contributed by atoms with Crippen LogP contribution in [0.5, 0.6) is 17.2 Å². The van der Waals surface area contributed by atoms with Crippen molar-refractivity contribution in [1.82, 2.24) is 5.32 Å². The fourth-order valence-electron chi connectivity index (χ4n) is 2.92. The lowest BCUT2D eigenvalue weighted by Gasteiger charge is -2.32. The molecular formula is C15H19N2O4+. The van der Waals surface area contributed by atoms with Gasteiger partial charge in [0.05, 0.1) is 26.3 Å². The van der Waals surface area contributed by atoms with E-state index in [0.29, 0.717) is 17.2 Å². The van der Waals surface area contributed by atoms with Crippen molar-refractivity contribution in [2.24, 2.45) is 0 Å². The average Bonchev–Trinajstić information content (AvgIpc) is 2.95. The Kier molecular flexibility index (Phi) is 3.47. The molecule has 0 spiro atoms. The van der Waals surface area contributed by atoms with Crippen molar-refractivity contribution in [2.75, 3.05) is 27.5 Å². The van der Waals surface area contributed by atoms with Gasteiger partial charge in [-0.1, -0.05) is 6.58 Å². The number of likely N-dealkylation sites (N-methyl/N-ethyl adjacent to an activating group) is 1. The maximum absolute atomic E-state index is 11.7. The highest BCUT2D eigenvalue weighted by atomic mass is 16.7. The third kappa shape index (κ3) is 2.21. The fourth-order valence-corrected chi connectivity index (χ4v) is 2.92. The van der Waals surface area contributed by atoms with Crippen LogP contribution in [-0.4, -0.2) is 33.4 Å². The Hall–Kier alpha value is -2.21. The van der Waals surface area contributed by atoms with E-state index in [0.717, 1.165) is 24.1 Å². The van der Waals surface area contributed by atoms with Crippen molar-refractivity contribution >= 4 is 5.91 Å². The minimum atomic E-state index is -0.202. The second-order valence-corrected chi connectivity index (χ2v) is 5.21. The van der Waals surface area contributed by atoms with E-state index in [2.05, 4.69) is 11.9 Å². The normalized spacial score (nSPS) is 22.4. The summed E-state index contributed by atoms with van der Waals surface area (Å²) < 4.78 is 16.5. The van der Waals surface area contributed by atoms with Crippen LogP contribution >= 0.6 is 0 Å². The molecular weight excluding hydrogens is 272 g/mol. The Morgan fingerprint density at radius 1 is 1.57 bits per heavy atom. The first-order valence-electron chi connectivity index (χ1n) is 6.90. The number of hydrogen-bond acceptors (Lipinski definition) is 4. The van der Waals surface area contributed by atoms with Crippen molar-refractivity contribution in [3.63, 3.8) is 0 Å². The highest BCUT2D eigenvalue weighted by Crippen LogP contribution is 2.46. The maximum atomic E-state index is 11.7. The molecule has 2 N–H and O–H groups in total. The summed E-state index contributed by atoms with van der Waals surface area (Å²) in [5, 5.41) is 2.97. The maximum Gasteiger partial charge on any atom is 0.248 e. The summed E-state index contributed by atoms with van der Waals surface area (Å²) in [4.78, 5) is 12.9. The zero-order valence-corrected chi connectivity index (χ0v) is 12.2. The van der Waals surface area contributed by atoms with E-state index >= 15 is 0 Å². The smallest absolute Gasteiger partial charge is 0.248 e. The standard InChI is InChI=1S/C15H18N2O4/c1-4-11(18)16-15-12-9(5-6-17(15)2)7-10-13(14(12)19-3)21-8-20-10/h4,7,15H,1,5-6,8H2,2-3H3,(H,16,18)/p+1/t15-/m1/s1. The summed E-state index contributed by atoms with van der Waals surface area (Å²) in [7, 11) is 3.65. The number of nitrogens with one attached hydrogen (secondary N) is 2. The molecule has 6 heteroatoms. The van der Waals surface area contributed by atoms with E-state index < -0.39 is 0 Å². The van der Waals surface area contributed by atoms with Crippen LogP contribution < -0.4 is 24.4 Å². The Balaban J connectivity index is 2.11. The van der Waals surface area contributed by atoms with Gasteiger partial charge in [0.25, 0.3) is 0 Å². The van der Waals surface area contributed by atoms with Gasteiger partial charge in [0.2, 0.25) is 18.4 Å². The first-order chi connectivity index (χ1) is 10.2. The number of fused-ring (bicyclic) bond motifs is 2. The van der Waals surface area contributed by atoms with Crippen molar-refractivity contribution in [2.45, 2.75) is 12.6 Å². The Morgan fingerprint density at radius 3 is 3.10 bits per heavy atom. The zero-order chi connectivity index (χ0) is 15.0. The van der Waals surface area contributed by atoms with Gasteiger partial charge in [0.15, 0.2) is 17.7 Å². The summed E-state index contributed by atoms with van der Waals surface area (Å²) in [6.07, 6.45) is 1.99. The van der Waals surface area contributed by atoms with E-state index in [1.807, 2.05) is 13.1 Å². The van der Waals surface area contributed by atoms with Crippen LogP contribution in [0.3, 0.4) is 0 Å². The van der Waals surface area contributed by atoms with Crippen LogP contribution in [-0.2, 0) is 11.2 Å². The zero-order valence-electron chi connectivity index (χ0n) is 12.2. The average molecular weight is 291 g/mol. The molecule has 1 unspecified atom stereocenters. The van der Waals surface area contributed by atoms with Gasteiger partial charge in [0, 0.05) is 6.42 Å². The molecule has 21 heavy (non-hydrogen) atoms. The number of quaternary nitrogens is 1. The van der Waals surface area contributed by atoms with Gasteiger partial charge in [0.1, 0.15) is 0 Å². The molecule has 0 saturated heterocycles. The Morgan fingerprint density at radius 2 is 2.38 bits per heavy atom. The highest BCUT2D eigenvalue weighted by molar-refractivity contribution is 5.87. The number of hydrogen-bond donors (Lipinski definition) is 2. The molecule has 0 aromatic heterocycles. The van der Waals surface area contributed by atoms with E-state index in [9.17, 15) is 4.79 Å². The summed E-state index contributed by atoms with van der Waals surface area (Å²) >= 11 is 0. The second kappa shape index (κ2) is 5.29. The molecule has 2 atom stereocenters. The largest absolute Gasteiger partial charge is 0.492 e. The summed E-state index contributed by atoms with van der Waals surface area (Å²) in [5.41, 5.74) is 2.08. The third-order valence-corrected chi connectivity index (χ3v) is 3.99. The lowest BCUT2D eigenvalue weighted by Crippen LogP contribution is -3.12. The van der Waals surface area contributed by atoms with Crippen molar-refractivity contribution in [3.8, 4) is 17.2 Å². The number of benzene rings is 1. The molecule has 0 fully saturated rings. The highest BCUT2D eigenvalue weighted by Gasteiger charge is 2.37. The van der Waals surface area contributed by atoms with E-state index in [1.54, 1.807) is 7.11 Å². The summed E-state index contributed by atoms with van der Waals surface area (Å²) in [6, 6.07) is 1.99. The molecule has 0 radical (unpaired) electrons.